The molecule has 0 aliphatic carbocycles. The molecule has 29 heavy (non-hydrogen) atoms. The first-order valence-electron chi connectivity index (χ1n) is 9.68. The molecule has 0 saturated carbocycles. The van der Waals surface area contributed by atoms with E-state index in [0.717, 1.165) is 11.3 Å². The zero-order chi connectivity index (χ0) is 19.6. The Morgan fingerprint density at radius 1 is 0.483 bits per heavy atom. The minimum atomic E-state index is 0.999. The lowest BCUT2D eigenvalue weighted by atomic mass is 9.97. The molecule has 0 saturated heterocycles. The third kappa shape index (κ3) is 3.70. The summed E-state index contributed by atoms with van der Waals surface area (Å²) in [6, 6.07) is 36.6. The molecule has 5 rings (SSSR count). The monoisotopic (exact) mass is 389 g/mol. The highest BCUT2D eigenvalue weighted by Gasteiger charge is 2.04. The highest BCUT2D eigenvalue weighted by Crippen LogP contribution is 2.29. The van der Waals surface area contributed by atoms with E-state index in [1.807, 2.05) is 24.4 Å². The Bertz CT molecular complexity index is 1270. The van der Waals surface area contributed by atoms with E-state index in [1.54, 1.807) is 0 Å². The highest BCUT2D eigenvalue weighted by atomic mass is 31.0. The van der Waals surface area contributed by atoms with Crippen LogP contribution in [0.2, 0.25) is 0 Å². The fourth-order valence-electron chi connectivity index (χ4n) is 3.65. The van der Waals surface area contributed by atoms with Crippen molar-refractivity contribution < 1.29 is 0 Å². The van der Waals surface area contributed by atoms with E-state index in [9.17, 15) is 0 Å². The molecule has 5 aromatic rings. The maximum Gasteiger partial charge on any atom is 0.0701 e. The van der Waals surface area contributed by atoms with Gasteiger partial charge in [0.1, 0.15) is 0 Å². The van der Waals surface area contributed by atoms with Crippen molar-refractivity contribution in [2.75, 3.05) is 0 Å². The Morgan fingerprint density at radius 3 is 1.62 bits per heavy atom. The summed E-state index contributed by atoms with van der Waals surface area (Å²) in [5.74, 6) is 0. The summed E-state index contributed by atoms with van der Waals surface area (Å²) in [5, 5.41) is 3.71. The average molecular weight is 389 g/mol. The summed E-state index contributed by atoms with van der Waals surface area (Å²) < 4.78 is 0. The standard InChI is InChI=1S/C27H20NP/c29-26-14-12-20(13-15-26)24-11-7-21-6-10-23(17-25(21)18-24)19-4-8-22(9-5-19)27-3-1-2-16-28-27/h1-18H,29H2. The van der Waals surface area contributed by atoms with Gasteiger partial charge in [-0.2, -0.15) is 0 Å². The van der Waals surface area contributed by atoms with Crippen LogP contribution in [0.15, 0.2) is 109 Å². The van der Waals surface area contributed by atoms with Crippen LogP contribution in [0.4, 0.5) is 0 Å². The van der Waals surface area contributed by atoms with Gasteiger partial charge in [0.2, 0.25) is 0 Å². The number of benzene rings is 4. The summed E-state index contributed by atoms with van der Waals surface area (Å²) in [6.07, 6.45) is 1.83. The smallest absolute Gasteiger partial charge is 0.0701 e. The lowest BCUT2D eigenvalue weighted by Crippen LogP contribution is -1.88. The van der Waals surface area contributed by atoms with Crippen molar-refractivity contribution in [2.24, 2.45) is 0 Å². The van der Waals surface area contributed by atoms with Crippen LogP contribution in [0.5, 0.6) is 0 Å². The molecule has 1 unspecified atom stereocenters. The van der Waals surface area contributed by atoms with Crippen molar-refractivity contribution in [2.45, 2.75) is 0 Å². The van der Waals surface area contributed by atoms with E-state index in [2.05, 4.69) is 99.2 Å². The van der Waals surface area contributed by atoms with Gasteiger partial charge in [-0.15, -0.1) is 9.24 Å². The number of pyridine rings is 1. The number of nitrogens with zero attached hydrogens (tertiary/aromatic N) is 1. The molecule has 0 aliphatic rings. The SMILES string of the molecule is Pc1ccc(-c2ccc3ccc(-c4ccc(-c5ccccn5)cc4)cc3c2)cc1. The van der Waals surface area contributed by atoms with Crippen molar-refractivity contribution in [3.63, 3.8) is 0 Å². The van der Waals surface area contributed by atoms with E-state index in [0.29, 0.717) is 0 Å². The van der Waals surface area contributed by atoms with Crippen LogP contribution in [-0.2, 0) is 0 Å². The van der Waals surface area contributed by atoms with Gasteiger partial charge in [0.05, 0.1) is 5.69 Å². The van der Waals surface area contributed by atoms with Crippen LogP contribution < -0.4 is 5.30 Å². The van der Waals surface area contributed by atoms with Crippen LogP contribution in [0.3, 0.4) is 0 Å². The summed E-state index contributed by atoms with van der Waals surface area (Å²) in [4.78, 5) is 4.43. The lowest BCUT2D eigenvalue weighted by Gasteiger charge is -2.08. The molecule has 0 aliphatic heterocycles. The first kappa shape index (κ1) is 17.8. The molecule has 1 aromatic heterocycles. The van der Waals surface area contributed by atoms with Crippen molar-refractivity contribution in [1.29, 1.82) is 0 Å². The molecule has 0 radical (unpaired) electrons. The van der Waals surface area contributed by atoms with E-state index in [1.165, 1.54) is 38.3 Å². The summed E-state index contributed by atoms with van der Waals surface area (Å²) in [6.45, 7) is 0. The first-order chi connectivity index (χ1) is 14.3. The van der Waals surface area contributed by atoms with Crippen molar-refractivity contribution >= 4 is 25.3 Å². The lowest BCUT2D eigenvalue weighted by molar-refractivity contribution is 1.33. The number of rotatable bonds is 3. The topological polar surface area (TPSA) is 12.9 Å². The molecule has 4 aromatic carbocycles. The largest absolute Gasteiger partial charge is 0.256 e. The molecule has 138 valence electrons. The van der Waals surface area contributed by atoms with E-state index < -0.39 is 0 Å². The molecule has 0 spiro atoms. The predicted octanol–water partition coefficient (Wildman–Crippen LogP) is 6.74. The number of fused-ring (bicyclic) bond motifs is 1. The third-order valence-corrected chi connectivity index (χ3v) is 5.65. The second kappa shape index (κ2) is 7.62. The quantitative estimate of drug-likeness (QED) is 0.312. The van der Waals surface area contributed by atoms with Crippen LogP contribution in [0.25, 0.3) is 44.3 Å². The van der Waals surface area contributed by atoms with Crippen molar-refractivity contribution in [1.82, 2.24) is 4.98 Å². The molecule has 0 amide bonds. The van der Waals surface area contributed by atoms with Gasteiger partial charge in [0, 0.05) is 11.8 Å². The second-order valence-corrected chi connectivity index (χ2v) is 7.86. The Labute approximate surface area is 173 Å². The molecule has 0 fully saturated rings. The van der Waals surface area contributed by atoms with Crippen molar-refractivity contribution in [3.8, 4) is 33.5 Å². The van der Waals surface area contributed by atoms with Gasteiger partial charge in [-0.3, -0.25) is 4.98 Å². The van der Waals surface area contributed by atoms with Gasteiger partial charge < -0.3 is 0 Å². The predicted molar refractivity (Wildman–Crippen MR) is 127 cm³/mol. The zero-order valence-corrected chi connectivity index (χ0v) is 17.1. The van der Waals surface area contributed by atoms with Crippen molar-refractivity contribution in [3.05, 3.63) is 109 Å². The molecule has 1 heterocycles. The normalized spacial score (nSPS) is 10.9. The van der Waals surface area contributed by atoms with E-state index in [4.69, 9.17) is 0 Å². The first-order valence-corrected chi connectivity index (χ1v) is 10.3. The Morgan fingerprint density at radius 2 is 1.03 bits per heavy atom. The molecule has 1 nitrogen and oxygen atoms in total. The van der Waals surface area contributed by atoms with Gasteiger partial charge in [-0.25, -0.2) is 0 Å². The fraction of sp³-hybridized carbons (Fsp3) is 0. The van der Waals surface area contributed by atoms with Gasteiger partial charge in [-0.1, -0.05) is 78.9 Å². The number of hydrogen-bond acceptors (Lipinski definition) is 1. The Hall–Kier alpha value is -3.28. The van der Waals surface area contributed by atoms with Gasteiger partial charge in [0.25, 0.3) is 0 Å². The molecule has 0 N–H and O–H groups in total. The minimum absolute atomic E-state index is 0.999. The van der Waals surface area contributed by atoms with Gasteiger partial charge in [0.15, 0.2) is 0 Å². The van der Waals surface area contributed by atoms with E-state index >= 15 is 0 Å². The fourth-order valence-corrected chi connectivity index (χ4v) is 3.84. The summed E-state index contributed by atoms with van der Waals surface area (Å²) >= 11 is 0. The molecule has 0 bridgehead atoms. The van der Waals surface area contributed by atoms with Crippen LogP contribution in [0.1, 0.15) is 0 Å². The number of aromatic nitrogens is 1. The molecule has 1 atom stereocenters. The van der Waals surface area contributed by atoms with E-state index in [-0.39, 0.29) is 0 Å². The molecule has 2 heteroatoms. The average Bonchev–Trinajstić information content (AvgIpc) is 2.79. The summed E-state index contributed by atoms with van der Waals surface area (Å²) in [5.41, 5.74) is 7.05. The molecular formula is C27H20NP. The number of hydrogen-bond donors (Lipinski definition) is 0. The minimum Gasteiger partial charge on any atom is -0.256 e. The second-order valence-electron chi connectivity index (χ2n) is 7.19. The zero-order valence-electron chi connectivity index (χ0n) is 15.9. The molecular weight excluding hydrogens is 369 g/mol. The van der Waals surface area contributed by atoms with Crippen LogP contribution >= 0.6 is 9.24 Å². The summed E-state index contributed by atoms with van der Waals surface area (Å²) in [7, 11) is 2.74. The van der Waals surface area contributed by atoms with Crippen LogP contribution in [0, 0.1) is 0 Å². The Balaban J connectivity index is 1.51. The highest BCUT2D eigenvalue weighted by molar-refractivity contribution is 7.27. The van der Waals surface area contributed by atoms with Crippen LogP contribution in [-0.4, -0.2) is 4.98 Å². The maximum atomic E-state index is 4.43. The maximum absolute atomic E-state index is 4.43. The van der Waals surface area contributed by atoms with Gasteiger partial charge in [-0.05, 0) is 62.6 Å². The third-order valence-electron chi connectivity index (χ3n) is 5.26. The van der Waals surface area contributed by atoms with Gasteiger partial charge >= 0.3 is 0 Å². The Kier molecular flexibility index (Phi) is 4.68.